The number of alkyl halides is 1. The molecule has 5 N–H and O–H groups in total. The molecule has 1 fully saturated rings. The van der Waals surface area contributed by atoms with Crippen LogP contribution in [0.2, 0.25) is 0 Å². The van der Waals surface area contributed by atoms with E-state index in [1.807, 2.05) is 0 Å². The van der Waals surface area contributed by atoms with Crippen LogP contribution >= 0.6 is 0 Å². The number of carbonyl (C=O) groups is 3. The van der Waals surface area contributed by atoms with E-state index in [-0.39, 0.29) is 42.0 Å². The number of halogens is 1. The molecule has 212 valence electrons. The van der Waals surface area contributed by atoms with Crippen LogP contribution < -0.4 is 10.1 Å². The molecular formula is C25H31FN4O9. The number of amides is 1. The lowest BCUT2D eigenvalue weighted by Gasteiger charge is -2.38. The number of hydrogen-bond acceptors (Lipinski definition) is 9. The minimum atomic E-state index is -1.91. The van der Waals surface area contributed by atoms with Gasteiger partial charge in [0.25, 0.3) is 0 Å². The van der Waals surface area contributed by atoms with Crippen molar-refractivity contribution in [2.45, 2.75) is 75.9 Å². The van der Waals surface area contributed by atoms with Crippen LogP contribution in [0.15, 0.2) is 23.3 Å². The molecule has 2 rings (SSSR count). The third kappa shape index (κ3) is 9.20. The van der Waals surface area contributed by atoms with E-state index in [9.17, 15) is 34.1 Å². The van der Waals surface area contributed by atoms with E-state index < -0.39 is 55.2 Å². The number of nitrogens with one attached hydrogen (secondary N) is 1. The van der Waals surface area contributed by atoms with Gasteiger partial charge in [0.2, 0.25) is 12.2 Å². The maximum Gasteiger partial charge on any atom is 0.335 e. The van der Waals surface area contributed by atoms with Gasteiger partial charge in [0.1, 0.15) is 36.5 Å². The molecule has 13 nitrogen and oxygen atoms in total. The second kappa shape index (κ2) is 15.6. The van der Waals surface area contributed by atoms with Crippen molar-refractivity contribution in [3.63, 3.8) is 0 Å². The van der Waals surface area contributed by atoms with Gasteiger partial charge in [-0.05, 0) is 36.6 Å². The highest BCUT2D eigenvalue weighted by atomic mass is 19.1. The summed E-state index contributed by atoms with van der Waals surface area (Å²) in [6.07, 6.45) is -1.83. The molecule has 0 radical (unpaired) electrons. The minimum Gasteiger partial charge on any atom is -0.479 e. The van der Waals surface area contributed by atoms with Crippen molar-refractivity contribution in [3.8, 4) is 18.1 Å². The van der Waals surface area contributed by atoms with Crippen LogP contribution in [0, 0.1) is 18.3 Å². The highest BCUT2D eigenvalue weighted by Gasteiger charge is 2.48. The Morgan fingerprint density at radius 2 is 1.95 bits per heavy atom. The Labute approximate surface area is 223 Å². The summed E-state index contributed by atoms with van der Waals surface area (Å²) in [6.45, 7) is -0.735. The number of rotatable bonds is 15. The van der Waals surface area contributed by atoms with E-state index in [0.29, 0.717) is 25.8 Å². The van der Waals surface area contributed by atoms with E-state index in [1.54, 1.807) is 0 Å². The number of aliphatic hydroxyl groups excluding tert-OH is 3. The van der Waals surface area contributed by atoms with Crippen LogP contribution in [-0.4, -0.2) is 75.3 Å². The average Bonchev–Trinajstić information content (AvgIpc) is 2.91. The normalized spacial score (nSPS) is 23.1. The first-order valence-electron chi connectivity index (χ1n) is 12.2. The van der Waals surface area contributed by atoms with Crippen molar-refractivity contribution in [1.82, 2.24) is 0 Å². The molecule has 14 heteroatoms. The number of Topliss-reactive ketones (excluding diaryl/α,β-unsaturated/α-hetero) is 1. The van der Waals surface area contributed by atoms with Gasteiger partial charge in [-0.25, -0.2) is 9.18 Å². The summed E-state index contributed by atoms with van der Waals surface area (Å²) >= 11 is 0. The van der Waals surface area contributed by atoms with E-state index in [4.69, 9.17) is 26.5 Å². The standard InChI is InChI=1S/C25H31FN4O9/c1-2-6-14(12-17(31)7-4-3-5-10-28-30-27)23(35)29-16-8-9-18(15(11-16)13-26)38-25-21(34)19(32)20(33)22(39-25)24(36)37/h1,8-9,11,14,19-22,25,32-34H,3-7,10,12-13H2,(H,29,35)(H,36,37). The molecule has 1 amide bonds. The second-order valence-corrected chi connectivity index (χ2v) is 8.91. The van der Waals surface area contributed by atoms with Gasteiger partial charge in [-0.3, -0.25) is 9.59 Å². The molecule has 6 atom stereocenters. The zero-order chi connectivity index (χ0) is 28.9. The zero-order valence-electron chi connectivity index (χ0n) is 21.0. The van der Waals surface area contributed by atoms with E-state index >= 15 is 0 Å². The summed E-state index contributed by atoms with van der Waals surface area (Å²) < 4.78 is 24.2. The third-order valence-corrected chi connectivity index (χ3v) is 6.01. The van der Waals surface area contributed by atoms with Crippen molar-refractivity contribution in [2.24, 2.45) is 11.0 Å². The van der Waals surface area contributed by atoms with Crippen LogP contribution in [0.4, 0.5) is 10.1 Å². The van der Waals surface area contributed by atoms with E-state index in [1.165, 1.54) is 18.2 Å². The van der Waals surface area contributed by atoms with Crippen molar-refractivity contribution in [3.05, 3.63) is 34.2 Å². The smallest absolute Gasteiger partial charge is 0.335 e. The van der Waals surface area contributed by atoms with Gasteiger partial charge >= 0.3 is 5.97 Å². The Morgan fingerprint density at radius 1 is 1.21 bits per heavy atom. The van der Waals surface area contributed by atoms with Gasteiger partial charge in [-0.2, -0.15) is 0 Å². The molecule has 1 aliphatic rings. The molecule has 0 bridgehead atoms. The van der Waals surface area contributed by atoms with Gasteiger partial charge in [0, 0.05) is 42.0 Å². The second-order valence-electron chi connectivity index (χ2n) is 8.91. The highest BCUT2D eigenvalue weighted by molar-refractivity contribution is 5.95. The molecule has 1 saturated heterocycles. The number of ketones is 1. The number of aliphatic hydroxyl groups is 3. The SMILES string of the molecule is C#CCC(CC(=O)CCCCCN=[N+]=[N-])C(=O)Nc1ccc(OC2OC(C(=O)O)C(O)C(O)C2O)c(CF)c1. The number of azide groups is 1. The molecule has 0 spiro atoms. The molecule has 0 saturated carbocycles. The van der Waals surface area contributed by atoms with Crippen LogP contribution in [0.3, 0.4) is 0 Å². The van der Waals surface area contributed by atoms with Gasteiger partial charge in [-0.1, -0.05) is 11.5 Å². The third-order valence-electron chi connectivity index (χ3n) is 6.01. The topological polar surface area (TPSA) is 211 Å². The molecule has 0 aliphatic carbocycles. The number of unbranched alkanes of at least 4 members (excludes halogenated alkanes) is 2. The maximum atomic E-state index is 13.8. The van der Waals surface area contributed by atoms with Gasteiger partial charge in [0.05, 0.1) is 5.92 Å². The van der Waals surface area contributed by atoms with Gasteiger partial charge in [0.15, 0.2) is 6.10 Å². The summed E-state index contributed by atoms with van der Waals surface area (Å²) in [5.74, 6) is -0.908. The highest BCUT2D eigenvalue weighted by Crippen LogP contribution is 2.29. The first-order chi connectivity index (χ1) is 18.6. The molecule has 6 unspecified atom stereocenters. The fourth-order valence-electron chi connectivity index (χ4n) is 3.90. The number of terminal acetylenes is 1. The molecular weight excluding hydrogens is 519 g/mol. The number of nitrogens with zero attached hydrogens (tertiary/aromatic N) is 3. The predicted octanol–water partition coefficient (Wildman–Crippen LogP) is 1.83. The van der Waals surface area contributed by atoms with Crippen LogP contribution in [0.1, 0.15) is 44.1 Å². The van der Waals surface area contributed by atoms with Crippen molar-refractivity contribution in [1.29, 1.82) is 0 Å². The number of carbonyl (C=O) groups excluding carboxylic acids is 2. The van der Waals surface area contributed by atoms with E-state index in [2.05, 4.69) is 21.3 Å². The summed E-state index contributed by atoms with van der Waals surface area (Å²) in [4.78, 5) is 39.1. The van der Waals surface area contributed by atoms with E-state index in [0.717, 1.165) is 0 Å². The fraction of sp³-hybridized carbons (Fsp3) is 0.560. The van der Waals surface area contributed by atoms with Crippen molar-refractivity contribution in [2.75, 3.05) is 11.9 Å². The Morgan fingerprint density at radius 3 is 2.59 bits per heavy atom. The Balaban J connectivity index is 2.03. The first-order valence-corrected chi connectivity index (χ1v) is 12.2. The molecule has 1 aliphatic heterocycles. The Hall–Kier alpha value is -3.73. The molecule has 39 heavy (non-hydrogen) atoms. The maximum absolute atomic E-state index is 13.8. The zero-order valence-corrected chi connectivity index (χ0v) is 21.0. The molecule has 0 aromatic heterocycles. The first kappa shape index (κ1) is 31.5. The summed E-state index contributed by atoms with van der Waals surface area (Å²) in [5, 5.41) is 45.0. The molecule has 1 heterocycles. The number of carboxylic acids is 1. The van der Waals surface area contributed by atoms with Crippen molar-refractivity contribution >= 4 is 23.3 Å². The quantitative estimate of drug-likeness (QED) is 0.0707. The number of benzene rings is 1. The molecule has 1 aromatic carbocycles. The number of carboxylic acid groups (broad SMARTS) is 1. The average molecular weight is 551 g/mol. The summed E-state index contributed by atoms with van der Waals surface area (Å²) in [6, 6.07) is 3.83. The lowest BCUT2D eigenvalue weighted by Crippen LogP contribution is -2.61. The molecule has 1 aromatic rings. The van der Waals surface area contributed by atoms with Gasteiger partial charge < -0.3 is 35.2 Å². The van der Waals surface area contributed by atoms with Crippen LogP contribution in [0.5, 0.6) is 5.75 Å². The number of aliphatic carboxylic acids is 1. The lowest BCUT2D eigenvalue weighted by molar-refractivity contribution is -0.271. The van der Waals surface area contributed by atoms with Crippen molar-refractivity contribution < 1.29 is 48.7 Å². The lowest BCUT2D eigenvalue weighted by atomic mass is 9.95. The minimum absolute atomic E-state index is 0.00144. The fourth-order valence-corrected chi connectivity index (χ4v) is 3.90. The monoisotopic (exact) mass is 550 g/mol. The Kier molecular flexibility index (Phi) is 12.6. The summed E-state index contributed by atoms with van der Waals surface area (Å²) in [7, 11) is 0. The summed E-state index contributed by atoms with van der Waals surface area (Å²) in [5.41, 5.74) is 8.32. The predicted molar refractivity (Wildman–Crippen MR) is 134 cm³/mol. The largest absolute Gasteiger partial charge is 0.479 e. The van der Waals surface area contributed by atoms with Crippen LogP contribution in [0.25, 0.3) is 10.4 Å². The Bertz CT molecular complexity index is 1110. The van der Waals surface area contributed by atoms with Gasteiger partial charge in [-0.15, -0.1) is 12.3 Å². The number of ether oxygens (including phenoxy) is 2. The van der Waals surface area contributed by atoms with Crippen LogP contribution in [-0.2, 0) is 25.8 Å². The number of hydrogen-bond donors (Lipinski definition) is 5. The number of anilines is 1.